The molecule has 0 spiro atoms. The van der Waals surface area contributed by atoms with E-state index >= 15 is 0 Å². The zero-order valence-electron chi connectivity index (χ0n) is 11.8. The standard InChI is InChI=1S/C16H19NO3/c1-3-19-16-9-4-13(17)10-12(16)11-20-15-7-5-14(18-2)6-8-15/h4-10H,3,11,17H2,1-2H3. The highest BCUT2D eigenvalue weighted by molar-refractivity contribution is 5.47. The van der Waals surface area contributed by atoms with Crippen molar-refractivity contribution in [2.75, 3.05) is 19.5 Å². The number of hydrogen-bond donors (Lipinski definition) is 1. The number of rotatable bonds is 6. The van der Waals surface area contributed by atoms with Crippen molar-refractivity contribution >= 4 is 5.69 Å². The Morgan fingerprint density at radius 1 is 0.950 bits per heavy atom. The monoisotopic (exact) mass is 273 g/mol. The van der Waals surface area contributed by atoms with Crippen LogP contribution in [0.2, 0.25) is 0 Å². The van der Waals surface area contributed by atoms with Gasteiger partial charge in [0.2, 0.25) is 0 Å². The Kier molecular flexibility index (Phi) is 4.71. The number of anilines is 1. The summed E-state index contributed by atoms with van der Waals surface area (Å²) < 4.78 is 16.4. The highest BCUT2D eigenvalue weighted by Gasteiger charge is 2.05. The molecule has 0 unspecified atom stereocenters. The van der Waals surface area contributed by atoms with E-state index in [1.54, 1.807) is 7.11 Å². The van der Waals surface area contributed by atoms with Gasteiger partial charge in [-0.2, -0.15) is 0 Å². The predicted molar refractivity (Wildman–Crippen MR) is 79.3 cm³/mol. The summed E-state index contributed by atoms with van der Waals surface area (Å²) in [4.78, 5) is 0. The molecule has 4 heteroatoms. The summed E-state index contributed by atoms with van der Waals surface area (Å²) in [7, 11) is 1.64. The largest absolute Gasteiger partial charge is 0.497 e. The van der Waals surface area contributed by atoms with Gasteiger partial charge in [0.1, 0.15) is 23.9 Å². The van der Waals surface area contributed by atoms with Gasteiger partial charge >= 0.3 is 0 Å². The second-order valence-corrected chi connectivity index (χ2v) is 4.26. The van der Waals surface area contributed by atoms with Gasteiger partial charge in [0.15, 0.2) is 0 Å². The van der Waals surface area contributed by atoms with Crippen LogP contribution in [-0.4, -0.2) is 13.7 Å². The smallest absolute Gasteiger partial charge is 0.126 e. The Morgan fingerprint density at radius 3 is 2.30 bits per heavy atom. The molecule has 0 fully saturated rings. The van der Waals surface area contributed by atoms with E-state index in [0.29, 0.717) is 18.9 Å². The number of hydrogen-bond acceptors (Lipinski definition) is 4. The van der Waals surface area contributed by atoms with Gasteiger partial charge in [-0.05, 0) is 49.4 Å². The molecule has 0 heterocycles. The van der Waals surface area contributed by atoms with E-state index in [4.69, 9.17) is 19.9 Å². The molecule has 0 bridgehead atoms. The Morgan fingerprint density at radius 2 is 1.65 bits per heavy atom. The topological polar surface area (TPSA) is 53.7 Å². The molecular weight excluding hydrogens is 254 g/mol. The molecule has 4 nitrogen and oxygen atoms in total. The molecule has 0 saturated carbocycles. The lowest BCUT2D eigenvalue weighted by Gasteiger charge is -2.12. The SMILES string of the molecule is CCOc1ccc(N)cc1COc1ccc(OC)cc1. The van der Waals surface area contributed by atoms with Crippen LogP contribution >= 0.6 is 0 Å². The molecule has 0 amide bonds. The first-order chi connectivity index (χ1) is 9.72. The lowest BCUT2D eigenvalue weighted by molar-refractivity contribution is 0.286. The first-order valence-electron chi connectivity index (χ1n) is 6.51. The van der Waals surface area contributed by atoms with Crippen LogP contribution in [-0.2, 0) is 6.61 Å². The van der Waals surface area contributed by atoms with Crippen LogP contribution in [0, 0.1) is 0 Å². The lowest BCUT2D eigenvalue weighted by Crippen LogP contribution is -2.02. The summed E-state index contributed by atoms with van der Waals surface area (Å²) in [5.41, 5.74) is 7.43. The quantitative estimate of drug-likeness (QED) is 0.821. The van der Waals surface area contributed by atoms with Crippen molar-refractivity contribution in [2.45, 2.75) is 13.5 Å². The lowest BCUT2D eigenvalue weighted by atomic mass is 10.2. The van der Waals surface area contributed by atoms with E-state index < -0.39 is 0 Å². The van der Waals surface area contributed by atoms with Gasteiger partial charge in [0.25, 0.3) is 0 Å². The van der Waals surface area contributed by atoms with Crippen molar-refractivity contribution in [1.29, 1.82) is 0 Å². The number of benzene rings is 2. The van der Waals surface area contributed by atoms with Crippen LogP contribution in [0.3, 0.4) is 0 Å². The summed E-state index contributed by atoms with van der Waals surface area (Å²) in [6.45, 7) is 2.97. The number of methoxy groups -OCH3 is 1. The molecule has 0 aromatic heterocycles. The van der Waals surface area contributed by atoms with Gasteiger partial charge in [0, 0.05) is 11.3 Å². The molecule has 2 rings (SSSR count). The Bertz CT molecular complexity index is 552. The van der Waals surface area contributed by atoms with Crippen LogP contribution in [0.4, 0.5) is 5.69 Å². The third kappa shape index (κ3) is 3.57. The van der Waals surface area contributed by atoms with E-state index in [9.17, 15) is 0 Å². The van der Waals surface area contributed by atoms with Crippen LogP contribution in [0.1, 0.15) is 12.5 Å². The Hall–Kier alpha value is -2.36. The maximum absolute atomic E-state index is 5.80. The Balaban J connectivity index is 2.07. The summed E-state index contributed by atoms with van der Waals surface area (Å²) in [6, 6.07) is 13.0. The fraction of sp³-hybridized carbons (Fsp3) is 0.250. The molecule has 2 aromatic carbocycles. The van der Waals surface area contributed by atoms with Crippen molar-refractivity contribution in [3.63, 3.8) is 0 Å². The fourth-order valence-corrected chi connectivity index (χ4v) is 1.84. The van der Waals surface area contributed by atoms with Crippen LogP contribution in [0.15, 0.2) is 42.5 Å². The normalized spacial score (nSPS) is 10.1. The fourth-order valence-electron chi connectivity index (χ4n) is 1.84. The third-order valence-corrected chi connectivity index (χ3v) is 2.84. The minimum absolute atomic E-state index is 0.409. The first-order valence-corrected chi connectivity index (χ1v) is 6.51. The molecule has 106 valence electrons. The summed E-state index contributed by atoms with van der Waals surface area (Å²) >= 11 is 0. The molecule has 0 atom stereocenters. The van der Waals surface area contributed by atoms with Crippen molar-refractivity contribution in [2.24, 2.45) is 0 Å². The average molecular weight is 273 g/mol. The molecule has 0 aliphatic heterocycles. The van der Waals surface area contributed by atoms with Crippen molar-refractivity contribution in [3.05, 3.63) is 48.0 Å². The molecule has 2 N–H and O–H groups in total. The molecule has 0 aliphatic carbocycles. The van der Waals surface area contributed by atoms with Crippen molar-refractivity contribution in [3.8, 4) is 17.2 Å². The zero-order valence-corrected chi connectivity index (χ0v) is 11.8. The minimum atomic E-state index is 0.409. The second-order valence-electron chi connectivity index (χ2n) is 4.26. The molecule has 2 aromatic rings. The van der Waals surface area contributed by atoms with Gasteiger partial charge < -0.3 is 19.9 Å². The number of nitrogen functional groups attached to an aromatic ring is 1. The maximum atomic E-state index is 5.80. The summed E-state index contributed by atoms with van der Waals surface area (Å²) in [6.07, 6.45) is 0. The molecule has 0 saturated heterocycles. The van der Waals surface area contributed by atoms with Crippen molar-refractivity contribution < 1.29 is 14.2 Å². The van der Waals surface area contributed by atoms with Crippen LogP contribution < -0.4 is 19.9 Å². The average Bonchev–Trinajstić information content (AvgIpc) is 2.48. The van der Waals surface area contributed by atoms with E-state index in [2.05, 4.69) is 0 Å². The minimum Gasteiger partial charge on any atom is -0.497 e. The summed E-state index contributed by atoms with van der Waals surface area (Å²) in [5, 5.41) is 0. The van der Waals surface area contributed by atoms with Gasteiger partial charge in [-0.3, -0.25) is 0 Å². The summed E-state index contributed by atoms with van der Waals surface area (Å²) in [5.74, 6) is 2.38. The van der Waals surface area contributed by atoms with Gasteiger partial charge in [-0.25, -0.2) is 0 Å². The van der Waals surface area contributed by atoms with E-state index in [-0.39, 0.29) is 0 Å². The second kappa shape index (κ2) is 6.70. The van der Waals surface area contributed by atoms with E-state index in [1.165, 1.54) is 0 Å². The van der Waals surface area contributed by atoms with E-state index in [0.717, 1.165) is 22.8 Å². The highest BCUT2D eigenvalue weighted by atomic mass is 16.5. The molecule has 0 radical (unpaired) electrons. The van der Waals surface area contributed by atoms with Crippen molar-refractivity contribution in [1.82, 2.24) is 0 Å². The van der Waals surface area contributed by atoms with Crippen LogP contribution in [0.25, 0.3) is 0 Å². The van der Waals surface area contributed by atoms with E-state index in [1.807, 2.05) is 49.4 Å². The molecule has 20 heavy (non-hydrogen) atoms. The first kappa shape index (κ1) is 14.1. The van der Waals surface area contributed by atoms with Crippen LogP contribution in [0.5, 0.6) is 17.2 Å². The van der Waals surface area contributed by atoms with Gasteiger partial charge in [-0.15, -0.1) is 0 Å². The van der Waals surface area contributed by atoms with Gasteiger partial charge in [0.05, 0.1) is 13.7 Å². The highest BCUT2D eigenvalue weighted by Crippen LogP contribution is 2.24. The maximum Gasteiger partial charge on any atom is 0.126 e. The number of ether oxygens (including phenoxy) is 3. The number of nitrogens with two attached hydrogens (primary N) is 1. The molecule has 0 aliphatic rings. The predicted octanol–water partition coefficient (Wildman–Crippen LogP) is 3.26. The zero-order chi connectivity index (χ0) is 14.4. The Labute approximate surface area is 119 Å². The molecular formula is C16H19NO3. The van der Waals surface area contributed by atoms with Gasteiger partial charge in [-0.1, -0.05) is 0 Å². The third-order valence-electron chi connectivity index (χ3n) is 2.84.